The van der Waals surface area contributed by atoms with Crippen molar-refractivity contribution in [3.63, 3.8) is 0 Å². The van der Waals surface area contributed by atoms with Crippen LogP contribution in [0.4, 0.5) is 17.1 Å². The van der Waals surface area contributed by atoms with E-state index in [0.717, 1.165) is 85.1 Å². The smallest absolute Gasteiger partial charge is 0.0822 e. The van der Waals surface area contributed by atoms with Crippen LogP contribution in [0.5, 0.6) is 0 Å². The molecule has 206 valence electrons. The maximum Gasteiger partial charge on any atom is 0.0822 e. The monoisotopic (exact) mass is 560 g/mol. The van der Waals surface area contributed by atoms with E-state index in [1.807, 2.05) is 0 Å². The van der Waals surface area contributed by atoms with Crippen molar-refractivity contribution in [3.05, 3.63) is 89.5 Å². The second kappa shape index (κ2) is 12.4. The molecule has 0 saturated heterocycles. The Balaban J connectivity index is 1.76. The standard InChI is InChI=1S/C35H42Cl2N2/c1-5-34(36,6-2)28-14-20-31(21-15-28)39(32-22-16-29(17-23-32)35(37,7-3)8-4)30-18-12-27(13-19-30)33(26-38)24-10-9-11-25-33/h12-23H,5-11,24-25H2,1-4H3. The molecule has 0 heterocycles. The van der Waals surface area contributed by atoms with E-state index < -0.39 is 0 Å². The molecule has 4 heteroatoms. The molecule has 0 N–H and O–H groups in total. The van der Waals surface area contributed by atoms with E-state index in [9.17, 15) is 5.26 Å². The van der Waals surface area contributed by atoms with Crippen molar-refractivity contribution in [2.75, 3.05) is 4.90 Å². The zero-order chi connectivity index (χ0) is 28.1. The van der Waals surface area contributed by atoms with Crippen LogP contribution in [0.1, 0.15) is 102 Å². The molecular formula is C35H42Cl2N2. The maximum atomic E-state index is 10.1. The number of alkyl halides is 2. The fourth-order valence-electron chi connectivity index (χ4n) is 6.13. The average Bonchev–Trinajstić information content (AvgIpc) is 3.01. The Bertz CT molecular complexity index is 1180. The SMILES string of the molecule is CCC(Cl)(CC)c1ccc(N(c2ccc(C(Cl)(CC)CC)cc2)c2ccc(C3(C#N)CCCCC3)cc2)cc1. The fourth-order valence-corrected chi connectivity index (χ4v) is 6.38. The number of halogens is 2. The van der Waals surface area contributed by atoms with Crippen molar-refractivity contribution < 1.29 is 0 Å². The second-order valence-corrected chi connectivity index (χ2v) is 12.5. The average molecular weight is 562 g/mol. The highest BCUT2D eigenvalue weighted by atomic mass is 35.5. The van der Waals surface area contributed by atoms with Crippen LogP contribution in [0.2, 0.25) is 0 Å². The minimum Gasteiger partial charge on any atom is -0.311 e. The molecule has 1 aliphatic rings. The summed E-state index contributed by atoms with van der Waals surface area (Å²) < 4.78 is 0. The van der Waals surface area contributed by atoms with Gasteiger partial charge in [-0.05, 0) is 91.6 Å². The lowest BCUT2D eigenvalue weighted by atomic mass is 9.70. The molecule has 0 unspecified atom stereocenters. The van der Waals surface area contributed by atoms with Gasteiger partial charge in [-0.2, -0.15) is 5.26 Å². The van der Waals surface area contributed by atoms with Crippen molar-refractivity contribution in [2.24, 2.45) is 0 Å². The molecule has 2 nitrogen and oxygen atoms in total. The van der Waals surface area contributed by atoms with Gasteiger partial charge in [-0.25, -0.2) is 0 Å². The summed E-state index contributed by atoms with van der Waals surface area (Å²) in [6, 6.07) is 28.6. The Morgan fingerprint density at radius 2 is 1.00 bits per heavy atom. The normalized spacial score (nSPS) is 15.5. The van der Waals surface area contributed by atoms with Gasteiger partial charge in [-0.3, -0.25) is 0 Å². The van der Waals surface area contributed by atoms with Gasteiger partial charge in [0.2, 0.25) is 0 Å². The highest BCUT2D eigenvalue weighted by molar-refractivity contribution is 6.24. The molecule has 0 bridgehead atoms. The summed E-state index contributed by atoms with van der Waals surface area (Å²) in [6.07, 6.45) is 8.88. The third-order valence-corrected chi connectivity index (χ3v) is 10.6. The lowest BCUT2D eigenvalue weighted by Gasteiger charge is -2.32. The van der Waals surface area contributed by atoms with Gasteiger partial charge in [0.1, 0.15) is 0 Å². The van der Waals surface area contributed by atoms with Crippen LogP contribution in [-0.4, -0.2) is 0 Å². The minimum atomic E-state index is -0.362. The number of hydrogen-bond acceptors (Lipinski definition) is 2. The minimum absolute atomic E-state index is 0.345. The predicted molar refractivity (Wildman–Crippen MR) is 168 cm³/mol. The van der Waals surface area contributed by atoms with Gasteiger partial charge >= 0.3 is 0 Å². The highest BCUT2D eigenvalue weighted by Crippen LogP contribution is 2.43. The fraction of sp³-hybridized carbons (Fsp3) is 0.457. The Kier molecular flexibility index (Phi) is 9.36. The van der Waals surface area contributed by atoms with Gasteiger partial charge in [-0.1, -0.05) is 83.4 Å². The molecule has 1 fully saturated rings. The van der Waals surface area contributed by atoms with Gasteiger partial charge in [0.05, 0.1) is 21.2 Å². The van der Waals surface area contributed by atoms with E-state index in [0.29, 0.717) is 0 Å². The van der Waals surface area contributed by atoms with Crippen molar-refractivity contribution in [1.29, 1.82) is 5.26 Å². The molecule has 3 aromatic rings. The molecular weight excluding hydrogens is 519 g/mol. The van der Waals surface area contributed by atoms with Crippen molar-refractivity contribution in [1.82, 2.24) is 0 Å². The quantitative estimate of drug-likeness (QED) is 0.230. The number of nitrogens with zero attached hydrogens (tertiary/aromatic N) is 2. The van der Waals surface area contributed by atoms with Crippen molar-refractivity contribution in [2.45, 2.75) is 101 Å². The molecule has 0 radical (unpaired) electrons. The number of nitriles is 1. The predicted octanol–water partition coefficient (Wildman–Crippen LogP) is 11.4. The van der Waals surface area contributed by atoms with E-state index >= 15 is 0 Å². The van der Waals surface area contributed by atoms with Gasteiger partial charge in [0.25, 0.3) is 0 Å². The first-order valence-corrected chi connectivity index (χ1v) is 15.4. The first kappa shape index (κ1) is 29.5. The zero-order valence-corrected chi connectivity index (χ0v) is 25.5. The summed E-state index contributed by atoms with van der Waals surface area (Å²) in [5, 5.41) is 10.1. The lowest BCUT2D eigenvalue weighted by molar-refractivity contribution is 0.366. The highest BCUT2D eigenvalue weighted by Gasteiger charge is 2.34. The molecule has 0 aromatic heterocycles. The summed E-state index contributed by atoms with van der Waals surface area (Å²) in [5.41, 5.74) is 6.27. The summed E-state index contributed by atoms with van der Waals surface area (Å²) in [4.78, 5) is 1.59. The van der Waals surface area contributed by atoms with Gasteiger partial charge in [0.15, 0.2) is 0 Å². The van der Waals surface area contributed by atoms with Gasteiger partial charge in [0, 0.05) is 17.1 Å². The topological polar surface area (TPSA) is 27.0 Å². The Morgan fingerprint density at radius 3 is 1.33 bits per heavy atom. The number of anilines is 3. The Hall–Kier alpha value is -2.47. The van der Waals surface area contributed by atoms with Crippen LogP contribution in [0, 0.1) is 11.3 Å². The van der Waals surface area contributed by atoms with E-state index in [-0.39, 0.29) is 15.2 Å². The Labute approximate surface area is 246 Å². The van der Waals surface area contributed by atoms with Crippen LogP contribution < -0.4 is 4.90 Å². The molecule has 0 atom stereocenters. The Morgan fingerprint density at radius 1 is 0.641 bits per heavy atom. The summed E-state index contributed by atoms with van der Waals surface area (Å²) in [5.74, 6) is 0. The van der Waals surface area contributed by atoms with E-state index in [2.05, 4.69) is 111 Å². The molecule has 1 aliphatic carbocycles. The van der Waals surface area contributed by atoms with E-state index in [1.165, 1.54) is 6.42 Å². The van der Waals surface area contributed by atoms with Crippen LogP contribution >= 0.6 is 23.2 Å². The third kappa shape index (κ3) is 5.86. The molecule has 39 heavy (non-hydrogen) atoms. The summed E-state index contributed by atoms with van der Waals surface area (Å²) in [7, 11) is 0. The van der Waals surface area contributed by atoms with Gasteiger partial charge in [-0.15, -0.1) is 23.2 Å². The van der Waals surface area contributed by atoms with Crippen molar-refractivity contribution in [3.8, 4) is 6.07 Å². The van der Waals surface area contributed by atoms with Crippen LogP contribution in [0.15, 0.2) is 72.8 Å². The zero-order valence-electron chi connectivity index (χ0n) is 23.9. The second-order valence-electron chi connectivity index (χ2n) is 11.1. The van der Waals surface area contributed by atoms with Gasteiger partial charge < -0.3 is 4.90 Å². The summed E-state index contributed by atoms with van der Waals surface area (Å²) in [6.45, 7) is 8.57. The largest absolute Gasteiger partial charge is 0.311 e. The summed E-state index contributed by atoms with van der Waals surface area (Å²) >= 11 is 13.9. The molecule has 4 rings (SSSR count). The third-order valence-electron chi connectivity index (χ3n) is 9.13. The molecule has 0 aliphatic heterocycles. The molecule has 1 saturated carbocycles. The number of rotatable bonds is 10. The lowest BCUT2D eigenvalue weighted by Crippen LogP contribution is -2.27. The van der Waals surface area contributed by atoms with E-state index in [1.54, 1.807) is 0 Å². The van der Waals surface area contributed by atoms with Crippen LogP contribution in [-0.2, 0) is 15.2 Å². The van der Waals surface area contributed by atoms with Crippen LogP contribution in [0.25, 0.3) is 0 Å². The van der Waals surface area contributed by atoms with Crippen LogP contribution in [0.3, 0.4) is 0 Å². The first-order chi connectivity index (χ1) is 18.8. The first-order valence-electron chi connectivity index (χ1n) is 14.7. The van der Waals surface area contributed by atoms with Crippen molar-refractivity contribution >= 4 is 40.3 Å². The molecule has 0 amide bonds. The molecule has 3 aromatic carbocycles. The maximum absolute atomic E-state index is 10.1. The van der Waals surface area contributed by atoms with E-state index in [4.69, 9.17) is 23.2 Å². The number of hydrogen-bond donors (Lipinski definition) is 0. The molecule has 0 spiro atoms. The number of benzene rings is 3.